The Kier molecular flexibility index (Phi) is 5.06. The number of methoxy groups -OCH3 is 1. The summed E-state index contributed by atoms with van der Waals surface area (Å²) in [6.07, 6.45) is -1.10. The Bertz CT molecular complexity index is 656. The molecule has 0 aliphatic carbocycles. The third-order valence-corrected chi connectivity index (χ3v) is 3.01. The first-order valence-electron chi connectivity index (χ1n) is 6.45. The zero-order valence-corrected chi connectivity index (χ0v) is 11.8. The van der Waals surface area contributed by atoms with Crippen LogP contribution in [0.25, 0.3) is 0 Å². The van der Waals surface area contributed by atoms with E-state index in [9.17, 15) is 18.7 Å². The van der Waals surface area contributed by atoms with Gasteiger partial charge in [0.05, 0.1) is 12.7 Å². The van der Waals surface area contributed by atoms with Crippen LogP contribution in [0.3, 0.4) is 0 Å². The molecule has 0 saturated heterocycles. The number of ether oxygens (including phenoxy) is 2. The maximum Gasteiger partial charge on any atom is 0.337 e. The van der Waals surface area contributed by atoms with Crippen LogP contribution in [-0.4, -0.2) is 24.8 Å². The summed E-state index contributed by atoms with van der Waals surface area (Å²) in [5, 5.41) is 9.89. The van der Waals surface area contributed by atoms with Gasteiger partial charge in [0, 0.05) is 0 Å². The summed E-state index contributed by atoms with van der Waals surface area (Å²) in [6.45, 7) is -0.136. The molecule has 2 aromatic rings. The lowest BCUT2D eigenvalue weighted by Crippen LogP contribution is -2.10. The fourth-order valence-electron chi connectivity index (χ4n) is 1.80. The zero-order chi connectivity index (χ0) is 16.1. The van der Waals surface area contributed by atoms with Gasteiger partial charge in [-0.15, -0.1) is 0 Å². The van der Waals surface area contributed by atoms with Crippen LogP contribution in [0.4, 0.5) is 8.78 Å². The highest BCUT2D eigenvalue weighted by Crippen LogP contribution is 2.19. The van der Waals surface area contributed by atoms with E-state index >= 15 is 0 Å². The predicted molar refractivity (Wildman–Crippen MR) is 74.6 cm³/mol. The monoisotopic (exact) mass is 308 g/mol. The number of rotatable bonds is 5. The minimum atomic E-state index is -1.10. The first-order chi connectivity index (χ1) is 10.5. The van der Waals surface area contributed by atoms with Gasteiger partial charge in [-0.3, -0.25) is 0 Å². The second-order valence-electron chi connectivity index (χ2n) is 4.52. The highest BCUT2D eigenvalue weighted by molar-refractivity contribution is 5.89. The lowest BCUT2D eigenvalue weighted by atomic mass is 10.1. The fraction of sp³-hybridized carbons (Fsp3) is 0.188. The summed E-state index contributed by atoms with van der Waals surface area (Å²) >= 11 is 0. The molecule has 0 heterocycles. The fourth-order valence-corrected chi connectivity index (χ4v) is 1.80. The van der Waals surface area contributed by atoms with Crippen molar-refractivity contribution in [1.82, 2.24) is 0 Å². The van der Waals surface area contributed by atoms with E-state index in [4.69, 9.17) is 4.74 Å². The van der Waals surface area contributed by atoms with Crippen molar-refractivity contribution in [3.8, 4) is 5.75 Å². The van der Waals surface area contributed by atoms with Crippen LogP contribution < -0.4 is 4.74 Å². The Morgan fingerprint density at radius 3 is 2.41 bits per heavy atom. The molecule has 0 aliphatic heterocycles. The van der Waals surface area contributed by atoms with Gasteiger partial charge >= 0.3 is 5.97 Å². The molecule has 0 radical (unpaired) electrons. The van der Waals surface area contributed by atoms with Crippen LogP contribution in [0.2, 0.25) is 0 Å². The van der Waals surface area contributed by atoms with Crippen LogP contribution in [-0.2, 0) is 4.74 Å². The number of benzene rings is 2. The van der Waals surface area contributed by atoms with Crippen LogP contribution in [0.15, 0.2) is 42.5 Å². The second kappa shape index (κ2) is 7.00. The van der Waals surface area contributed by atoms with Gasteiger partial charge in [-0.25, -0.2) is 13.6 Å². The standard InChI is InChI=1S/C16H14F2O4/c1-21-16(20)10-2-5-12(6-3-10)22-9-15(19)11-4-7-13(17)14(18)8-11/h2-8,15,19H,9H2,1H3. The number of aliphatic hydroxyl groups excluding tert-OH is 1. The number of hydrogen-bond acceptors (Lipinski definition) is 4. The van der Waals surface area contributed by atoms with E-state index in [1.165, 1.54) is 25.3 Å². The van der Waals surface area contributed by atoms with E-state index in [1.807, 2.05) is 0 Å². The van der Waals surface area contributed by atoms with Crippen molar-refractivity contribution in [3.05, 3.63) is 65.2 Å². The molecule has 0 amide bonds. The predicted octanol–water partition coefficient (Wildman–Crippen LogP) is 2.86. The Hall–Kier alpha value is -2.47. The first-order valence-corrected chi connectivity index (χ1v) is 6.45. The van der Waals surface area contributed by atoms with Gasteiger partial charge in [-0.05, 0) is 42.0 Å². The molecular formula is C16H14F2O4. The van der Waals surface area contributed by atoms with Gasteiger partial charge in [-0.2, -0.15) is 0 Å². The molecule has 0 bridgehead atoms. The lowest BCUT2D eigenvalue weighted by molar-refractivity contribution is 0.0600. The SMILES string of the molecule is COC(=O)c1ccc(OCC(O)c2ccc(F)c(F)c2)cc1. The third-order valence-electron chi connectivity index (χ3n) is 3.01. The van der Waals surface area contributed by atoms with E-state index in [2.05, 4.69) is 4.74 Å². The van der Waals surface area contributed by atoms with Crippen molar-refractivity contribution in [1.29, 1.82) is 0 Å². The Morgan fingerprint density at radius 1 is 1.14 bits per heavy atom. The van der Waals surface area contributed by atoms with Crippen LogP contribution in [0.1, 0.15) is 22.0 Å². The molecule has 1 atom stereocenters. The van der Waals surface area contributed by atoms with Crippen LogP contribution in [0.5, 0.6) is 5.75 Å². The maximum absolute atomic E-state index is 13.1. The smallest absolute Gasteiger partial charge is 0.337 e. The van der Waals surface area contributed by atoms with Crippen LogP contribution >= 0.6 is 0 Å². The molecule has 0 fully saturated rings. The third kappa shape index (κ3) is 3.79. The number of hydrogen-bond donors (Lipinski definition) is 1. The normalized spacial score (nSPS) is 11.8. The summed E-state index contributed by atoms with van der Waals surface area (Å²) < 4.78 is 35.8. The lowest BCUT2D eigenvalue weighted by Gasteiger charge is -2.13. The molecule has 0 aliphatic rings. The van der Waals surface area contributed by atoms with Gasteiger partial charge in [-0.1, -0.05) is 6.07 Å². The van der Waals surface area contributed by atoms with E-state index in [0.29, 0.717) is 11.3 Å². The molecule has 2 aromatic carbocycles. The summed E-state index contributed by atoms with van der Waals surface area (Å²) in [6, 6.07) is 9.28. The maximum atomic E-state index is 13.1. The van der Waals surface area contributed by atoms with Gasteiger partial charge < -0.3 is 14.6 Å². The molecule has 0 spiro atoms. The van der Waals surface area contributed by atoms with Crippen molar-refractivity contribution >= 4 is 5.97 Å². The van der Waals surface area contributed by atoms with Crippen LogP contribution in [0, 0.1) is 11.6 Å². The molecule has 1 N–H and O–H groups in total. The van der Waals surface area contributed by atoms with E-state index in [0.717, 1.165) is 12.1 Å². The molecule has 6 heteroatoms. The van der Waals surface area contributed by atoms with Crippen molar-refractivity contribution in [3.63, 3.8) is 0 Å². The summed E-state index contributed by atoms with van der Waals surface area (Å²) in [4.78, 5) is 11.3. The molecule has 4 nitrogen and oxygen atoms in total. The molecule has 1 unspecified atom stereocenters. The van der Waals surface area contributed by atoms with Gasteiger partial charge in [0.1, 0.15) is 18.5 Å². The summed E-state index contributed by atoms with van der Waals surface area (Å²) in [5.41, 5.74) is 0.584. The zero-order valence-electron chi connectivity index (χ0n) is 11.8. The second-order valence-corrected chi connectivity index (χ2v) is 4.52. The minimum absolute atomic E-state index is 0.136. The minimum Gasteiger partial charge on any atom is -0.491 e. The Labute approximate surface area is 125 Å². The molecule has 0 saturated carbocycles. The molecule has 116 valence electrons. The average molecular weight is 308 g/mol. The van der Waals surface area contributed by atoms with Crippen molar-refractivity contribution in [2.75, 3.05) is 13.7 Å². The molecular weight excluding hydrogens is 294 g/mol. The summed E-state index contributed by atoms with van der Waals surface area (Å²) in [7, 11) is 1.28. The number of esters is 1. The van der Waals surface area contributed by atoms with E-state index in [-0.39, 0.29) is 12.2 Å². The molecule has 22 heavy (non-hydrogen) atoms. The van der Waals surface area contributed by atoms with Crippen molar-refractivity contribution < 1.29 is 28.2 Å². The largest absolute Gasteiger partial charge is 0.491 e. The highest BCUT2D eigenvalue weighted by Gasteiger charge is 2.12. The quantitative estimate of drug-likeness (QED) is 0.863. The highest BCUT2D eigenvalue weighted by atomic mass is 19.2. The number of halogens is 2. The van der Waals surface area contributed by atoms with Gasteiger partial charge in [0.15, 0.2) is 11.6 Å². The first kappa shape index (κ1) is 15.9. The van der Waals surface area contributed by atoms with Crippen molar-refractivity contribution in [2.24, 2.45) is 0 Å². The van der Waals surface area contributed by atoms with Gasteiger partial charge in [0.25, 0.3) is 0 Å². The number of carbonyl (C=O) groups excluding carboxylic acids is 1. The van der Waals surface area contributed by atoms with E-state index in [1.54, 1.807) is 12.1 Å². The average Bonchev–Trinajstić information content (AvgIpc) is 2.54. The number of aliphatic hydroxyl groups is 1. The Balaban J connectivity index is 1.97. The molecule has 2 rings (SSSR count). The Morgan fingerprint density at radius 2 is 1.82 bits per heavy atom. The van der Waals surface area contributed by atoms with Gasteiger partial charge in [0.2, 0.25) is 0 Å². The van der Waals surface area contributed by atoms with E-state index < -0.39 is 23.7 Å². The molecule has 0 aromatic heterocycles. The summed E-state index contributed by atoms with van der Waals surface area (Å²) in [5.74, 6) is -2.04. The topological polar surface area (TPSA) is 55.8 Å². The van der Waals surface area contributed by atoms with Crippen molar-refractivity contribution in [2.45, 2.75) is 6.10 Å². The number of carbonyl (C=O) groups is 1.